The Kier molecular flexibility index (Phi) is 3.55. The van der Waals surface area contributed by atoms with Crippen LogP contribution < -0.4 is 5.32 Å². The molecule has 0 aliphatic carbocycles. The van der Waals surface area contributed by atoms with E-state index >= 15 is 0 Å². The van der Waals surface area contributed by atoms with Crippen LogP contribution in [0.2, 0.25) is 5.15 Å². The summed E-state index contributed by atoms with van der Waals surface area (Å²) in [5.41, 5.74) is 1.04. The third kappa shape index (κ3) is 3.15. The standard InChI is InChI=1S/C10H8ClN3O2S/c11-9-6-17-10(13-9)12-5-7-1-3-8(4-2-7)14(15)16/h1-4,6H,5H2,(H,12,13). The molecule has 0 unspecified atom stereocenters. The average Bonchev–Trinajstić information content (AvgIpc) is 2.73. The molecule has 0 saturated heterocycles. The van der Waals surface area contributed by atoms with Crippen LogP contribution in [-0.2, 0) is 6.54 Å². The number of rotatable bonds is 4. The van der Waals surface area contributed by atoms with E-state index in [1.54, 1.807) is 17.5 Å². The molecular formula is C10H8ClN3O2S. The van der Waals surface area contributed by atoms with Crippen molar-refractivity contribution in [2.45, 2.75) is 6.54 Å². The maximum Gasteiger partial charge on any atom is 0.269 e. The summed E-state index contributed by atoms with van der Waals surface area (Å²) >= 11 is 7.10. The van der Waals surface area contributed by atoms with Gasteiger partial charge in [0, 0.05) is 24.1 Å². The summed E-state index contributed by atoms with van der Waals surface area (Å²) in [6, 6.07) is 6.37. The number of nitrogens with zero attached hydrogens (tertiary/aromatic N) is 2. The van der Waals surface area contributed by atoms with Crippen LogP contribution in [0.15, 0.2) is 29.6 Å². The maximum absolute atomic E-state index is 10.5. The largest absolute Gasteiger partial charge is 0.357 e. The number of anilines is 1. The smallest absolute Gasteiger partial charge is 0.269 e. The minimum absolute atomic E-state index is 0.0889. The second-order valence-electron chi connectivity index (χ2n) is 3.25. The van der Waals surface area contributed by atoms with Crippen LogP contribution in [-0.4, -0.2) is 9.91 Å². The topological polar surface area (TPSA) is 68.1 Å². The lowest BCUT2D eigenvalue weighted by Gasteiger charge is -2.02. The lowest BCUT2D eigenvalue weighted by atomic mass is 10.2. The van der Waals surface area contributed by atoms with Gasteiger partial charge >= 0.3 is 0 Å². The van der Waals surface area contributed by atoms with Crippen LogP contribution in [0, 0.1) is 10.1 Å². The lowest BCUT2D eigenvalue weighted by molar-refractivity contribution is -0.384. The Bertz CT molecular complexity index is 527. The number of nitro benzene ring substituents is 1. The van der Waals surface area contributed by atoms with Gasteiger partial charge in [-0.1, -0.05) is 23.7 Å². The van der Waals surface area contributed by atoms with Gasteiger partial charge in [0.25, 0.3) is 5.69 Å². The molecule has 2 rings (SSSR count). The number of nitrogens with one attached hydrogen (secondary N) is 1. The summed E-state index contributed by atoms with van der Waals surface area (Å²) < 4.78 is 0. The molecule has 0 amide bonds. The first-order valence-electron chi connectivity index (χ1n) is 4.73. The van der Waals surface area contributed by atoms with Gasteiger partial charge in [0.15, 0.2) is 5.13 Å². The number of hydrogen-bond donors (Lipinski definition) is 1. The lowest BCUT2D eigenvalue weighted by Crippen LogP contribution is -1.98. The molecule has 17 heavy (non-hydrogen) atoms. The summed E-state index contributed by atoms with van der Waals surface area (Å²) in [5.74, 6) is 0. The molecule has 0 radical (unpaired) electrons. The van der Waals surface area contributed by atoms with Crippen molar-refractivity contribution in [3.63, 3.8) is 0 Å². The van der Waals surface area contributed by atoms with Crippen molar-refractivity contribution in [3.8, 4) is 0 Å². The van der Waals surface area contributed by atoms with E-state index in [0.29, 0.717) is 11.7 Å². The molecule has 7 heteroatoms. The first-order chi connectivity index (χ1) is 8.15. The minimum Gasteiger partial charge on any atom is -0.357 e. The molecule has 2 aromatic rings. The van der Waals surface area contributed by atoms with Gasteiger partial charge in [-0.2, -0.15) is 0 Å². The molecular weight excluding hydrogens is 262 g/mol. The van der Waals surface area contributed by atoms with Gasteiger partial charge in [-0.15, -0.1) is 11.3 Å². The molecule has 0 fully saturated rings. The Morgan fingerprint density at radius 2 is 2.12 bits per heavy atom. The summed E-state index contributed by atoms with van der Waals surface area (Å²) in [5, 5.41) is 16.5. The van der Waals surface area contributed by atoms with Crippen molar-refractivity contribution in [3.05, 3.63) is 50.5 Å². The molecule has 0 bridgehead atoms. The highest BCUT2D eigenvalue weighted by Gasteiger charge is 2.04. The normalized spacial score (nSPS) is 10.2. The Hall–Kier alpha value is -1.66. The summed E-state index contributed by atoms with van der Waals surface area (Å²) in [4.78, 5) is 14.1. The molecule has 5 nitrogen and oxygen atoms in total. The van der Waals surface area contributed by atoms with Gasteiger partial charge in [0.2, 0.25) is 0 Å². The fraction of sp³-hybridized carbons (Fsp3) is 0.100. The quantitative estimate of drug-likeness (QED) is 0.683. The number of non-ortho nitro benzene ring substituents is 1. The number of hydrogen-bond acceptors (Lipinski definition) is 5. The van der Waals surface area contributed by atoms with Crippen molar-refractivity contribution < 1.29 is 4.92 Å². The van der Waals surface area contributed by atoms with Crippen molar-refractivity contribution in [1.29, 1.82) is 0 Å². The van der Waals surface area contributed by atoms with Crippen LogP contribution in [0.25, 0.3) is 0 Å². The van der Waals surface area contributed by atoms with Gasteiger partial charge in [-0.05, 0) is 5.56 Å². The van der Waals surface area contributed by atoms with Crippen LogP contribution >= 0.6 is 22.9 Å². The summed E-state index contributed by atoms with van der Waals surface area (Å²) in [6.45, 7) is 0.557. The van der Waals surface area contributed by atoms with E-state index in [-0.39, 0.29) is 5.69 Å². The zero-order valence-electron chi connectivity index (χ0n) is 8.59. The van der Waals surface area contributed by atoms with E-state index < -0.39 is 4.92 Å². The molecule has 0 spiro atoms. The first kappa shape index (κ1) is 11.8. The van der Waals surface area contributed by atoms with E-state index in [2.05, 4.69) is 10.3 Å². The fourth-order valence-corrected chi connectivity index (χ4v) is 2.08. The highest BCUT2D eigenvalue weighted by atomic mass is 35.5. The molecule has 1 N–H and O–H groups in total. The highest BCUT2D eigenvalue weighted by molar-refractivity contribution is 7.14. The SMILES string of the molecule is O=[N+]([O-])c1ccc(CNc2nc(Cl)cs2)cc1. The third-order valence-electron chi connectivity index (χ3n) is 2.07. The predicted octanol–water partition coefficient (Wildman–Crippen LogP) is 3.32. The van der Waals surface area contributed by atoms with Crippen LogP contribution in [0.1, 0.15) is 5.56 Å². The van der Waals surface area contributed by atoms with E-state index in [4.69, 9.17) is 11.6 Å². The van der Waals surface area contributed by atoms with Crippen LogP contribution in [0.5, 0.6) is 0 Å². The van der Waals surface area contributed by atoms with Gasteiger partial charge in [-0.25, -0.2) is 4.98 Å². The van der Waals surface area contributed by atoms with Crippen LogP contribution in [0.3, 0.4) is 0 Å². The Morgan fingerprint density at radius 1 is 1.41 bits per heavy atom. The number of aromatic nitrogens is 1. The number of benzene rings is 1. The summed E-state index contributed by atoms with van der Waals surface area (Å²) in [7, 11) is 0. The number of halogens is 1. The molecule has 88 valence electrons. The highest BCUT2D eigenvalue weighted by Crippen LogP contribution is 2.20. The molecule has 0 aliphatic rings. The maximum atomic E-state index is 10.5. The van der Waals surface area contributed by atoms with E-state index in [1.807, 2.05) is 0 Å². The molecule has 0 atom stereocenters. The molecule has 0 aliphatic heterocycles. The van der Waals surface area contributed by atoms with Gasteiger partial charge in [0.1, 0.15) is 5.15 Å². The van der Waals surface area contributed by atoms with E-state index in [1.165, 1.54) is 23.5 Å². The van der Waals surface area contributed by atoms with Gasteiger partial charge in [-0.3, -0.25) is 10.1 Å². The fourth-order valence-electron chi connectivity index (χ4n) is 1.25. The predicted molar refractivity (Wildman–Crippen MR) is 67.5 cm³/mol. The summed E-state index contributed by atoms with van der Waals surface area (Å²) in [6.07, 6.45) is 0. The minimum atomic E-state index is -0.419. The second kappa shape index (κ2) is 5.11. The van der Waals surface area contributed by atoms with E-state index in [9.17, 15) is 10.1 Å². The van der Waals surface area contributed by atoms with Crippen molar-refractivity contribution >= 4 is 33.8 Å². The monoisotopic (exact) mass is 269 g/mol. The number of nitro groups is 1. The zero-order valence-corrected chi connectivity index (χ0v) is 10.2. The second-order valence-corrected chi connectivity index (χ2v) is 4.50. The number of thiazole rings is 1. The van der Waals surface area contributed by atoms with Gasteiger partial charge in [0.05, 0.1) is 4.92 Å². The molecule has 1 aromatic heterocycles. The first-order valence-corrected chi connectivity index (χ1v) is 5.99. The Labute approximate surface area is 106 Å². The van der Waals surface area contributed by atoms with Gasteiger partial charge < -0.3 is 5.32 Å². The van der Waals surface area contributed by atoms with Crippen molar-refractivity contribution in [2.75, 3.05) is 5.32 Å². The average molecular weight is 270 g/mol. The van der Waals surface area contributed by atoms with Crippen LogP contribution in [0.4, 0.5) is 10.8 Å². The van der Waals surface area contributed by atoms with Crippen molar-refractivity contribution in [1.82, 2.24) is 4.98 Å². The van der Waals surface area contributed by atoms with E-state index in [0.717, 1.165) is 10.7 Å². The third-order valence-corrected chi connectivity index (χ3v) is 3.19. The molecule has 0 saturated carbocycles. The molecule has 1 aromatic carbocycles. The zero-order chi connectivity index (χ0) is 12.3. The Balaban J connectivity index is 1.97. The molecule has 1 heterocycles. The van der Waals surface area contributed by atoms with Crippen molar-refractivity contribution in [2.24, 2.45) is 0 Å². The Morgan fingerprint density at radius 3 is 2.65 bits per heavy atom.